The largest absolute Gasteiger partial charge is 0.380 e. The molecule has 6 heteroatoms. The monoisotopic (exact) mass is 228 g/mol. The minimum absolute atomic E-state index is 0.0980. The molecule has 90 valence electrons. The molecule has 2 saturated carbocycles. The van der Waals surface area contributed by atoms with Crippen molar-refractivity contribution < 1.29 is 19.8 Å². The van der Waals surface area contributed by atoms with Crippen LogP contribution in [0.25, 0.3) is 0 Å². The van der Waals surface area contributed by atoms with Gasteiger partial charge in [-0.2, -0.15) is 0 Å². The number of carbonyl (C=O) groups excluding carboxylic acids is 2. The zero-order valence-electron chi connectivity index (χ0n) is 8.85. The standard InChI is InChI=1S/C10H16N2O4/c13-7(9(15)11-5-1-2-5)8(14)10(16)12-6-3-4-6/h5-8,13-14H,1-4H2,(H,11,15)(H,12,16)/t7-,8-/m1/s1. The van der Waals surface area contributed by atoms with E-state index in [1.54, 1.807) is 0 Å². The van der Waals surface area contributed by atoms with Gasteiger partial charge in [-0.1, -0.05) is 0 Å². The third kappa shape index (κ3) is 2.93. The average molecular weight is 228 g/mol. The summed E-state index contributed by atoms with van der Waals surface area (Å²) in [5, 5.41) is 23.9. The SMILES string of the molecule is O=C(NC1CC1)[C@H](O)[C@@H](O)C(=O)NC1CC1. The number of aliphatic hydroxyl groups is 2. The second-order valence-corrected chi connectivity index (χ2v) is 4.46. The smallest absolute Gasteiger partial charge is 0.252 e. The van der Waals surface area contributed by atoms with E-state index in [0.29, 0.717) is 0 Å². The van der Waals surface area contributed by atoms with E-state index in [1.165, 1.54) is 0 Å². The zero-order chi connectivity index (χ0) is 11.7. The Labute approximate surface area is 93.0 Å². The summed E-state index contributed by atoms with van der Waals surface area (Å²) in [7, 11) is 0. The third-order valence-corrected chi connectivity index (χ3v) is 2.68. The Morgan fingerprint density at radius 3 is 1.44 bits per heavy atom. The Bertz CT molecular complexity index is 269. The first-order chi connectivity index (χ1) is 7.58. The van der Waals surface area contributed by atoms with Gasteiger partial charge >= 0.3 is 0 Å². The first kappa shape index (κ1) is 11.3. The first-order valence-electron chi connectivity index (χ1n) is 5.55. The number of hydrogen-bond donors (Lipinski definition) is 4. The molecule has 2 atom stereocenters. The van der Waals surface area contributed by atoms with Crippen molar-refractivity contribution in [3.05, 3.63) is 0 Å². The van der Waals surface area contributed by atoms with Gasteiger partial charge < -0.3 is 20.8 Å². The highest BCUT2D eigenvalue weighted by Gasteiger charge is 2.35. The Morgan fingerprint density at radius 2 is 1.19 bits per heavy atom. The van der Waals surface area contributed by atoms with Gasteiger partial charge in [0.2, 0.25) is 0 Å². The number of carbonyl (C=O) groups is 2. The third-order valence-electron chi connectivity index (χ3n) is 2.68. The molecule has 0 aromatic heterocycles. The molecule has 2 aliphatic carbocycles. The van der Waals surface area contributed by atoms with Crippen LogP contribution in [0.5, 0.6) is 0 Å². The van der Waals surface area contributed by atoms with Crippen molar-refractivity contribution in [2.45, 2.75) is 50.0 Å². The van der Waals surface area contributed by atoms with E-state index in [-0.39, 0.29) is 12.1 Å². The van der Waals surface area contributed by atoms with E-state index in [0.717, 1.165) is 25.7 Å². The van der Waals surface area contributed by atoms with Crippen LogP contribution < -0.4 is 10.6 Å². The van der Waals surface area contributed by atoms with Crippen molar-refractivity contribution in [2.75, 3.05) is 0 Å². The Hall–Kier alpha value is -1.14. The molecule has 0 radical (unpaired) electrons. The lowest BCUT2D eigenvalue weighted by molar-refractivity contribution is -0.146. The molecule has 0 heterocycles. The molecule has 2 aliphatic rings. The fourth-order valence-electron chi connectivity index (χ4n) is 1.32. The van der Waals surface area contributed by atoms with E-state index in [4.69, 9.17) is 0 Å². The highest BCUT2D eigenvalue weighted by molar-refractivity contribution is 5.91. The molecule has 2 rings (SSSR count). The molecule has 4 N–H and O–H groups in total. The van der Waals surface area contributed by atoms with Crippen LogP contribution in [0.2, 0.25) is 0 Å². The predicted molar refractivity (Wildman–Crippen MR) is 54.3 cm³/mol. The summed E-state index contributed by atoms with van der Waals surface area (Å²) in [4.78, 5) is 22.7. The molecular weight excluding hydrogens is 212 g/mol. The van der Waals surface area contributed by atoms with E-state index >= 15 is 0 Å². The topological polar surface area (TPSA) is 98.7 Å². The van der Waals surface area contributed by atoms with Gasteiger partial charge in [0.1, 0.15) is 0 Å². The van der Waals surface area contributed by atoms with E-state index < -0.39 is 24.0 Å². The number of amides is 2. The van der Waals surface area contributed by atoms with Gasteiger partial charge in [-0.05, 0) is 25.7 Å². The van der Waals surface area contributed by atoms with Gasteiger partial charge in [-0.3, -0.25) is 9.59 Å². The molecule has 0 aromatic rings. The summed E-state index contributed by atoms with van der Waals surface area (Å²) in [6, 6.07) is 0.196. The van der Waals surface area contributed by atoms with Crippen LogP contribution in [0.3, 0.4) is 0 Å². The molecule has 2 amide bonds. The van der Waals surface area contributed by atoms with Crippen molar-refractivity contribution in [1.82, 2.24) is 10.6 Å². The first-order valence-corrected chi connectivity index (χ1v) is 5.55. The summed E-state index contributed by atoms with van der Waals surface area (Å²) in [6.45, 7) is 0. The maximum absolute atomic E-state index is 11.3. The summed E-state index contributed by atoms with van der Waals surface area (Å²) in [5.74, 6) is -1.36. The lowest BCUT2D eigenvalue weighted by atomic mass is 10.1. The second-order valence-electron chi connectivity index (χ2n) is 4.46. The summed E-state index contributed by atoms with van der Waals surface area (Å²) < 4.78 is 0. The van der Waals surface area contributed by atoms with Crippen molar-refractivity contribution >= 4 is 11.8 Å². The number of nitrogens with one attached hydrogen (secondary N) is 2. The molecule has 6 nitrogen and oxygen atoms in total. The Morgan fingerprint density at radius 1 is 0.875 bits per heavy atom. The van der Waals surface area contributed by atoms with Crippen molar-refractivity contribution in [3.63, 3.8) is 0 Å². The van der Waals surface area contributed by atoms with E-state index in [2.05, 4.69) is 10.6 Å². The second kappa shape index (κ2) is 4.39. The lowest BCUT2D eigenvalue weighted by Gasteiger charge is -2.16. The minimum atomic E-state index is -1.68. The maximum Gasteiger partial charge on any atom is 0.252 e. The van der Waals surface area contributed by atoms with E-state index in [9.17, 15) is 19.8 Å². The highest BCUT2D eigenvalue weighted by Crippen LogP contribution is 2.20. The number of aliphatic hydroxyl groups excluding tert-OH is 2. The number of hydrogen-bond acceptors (Lipinski definition) is 4. The minimum Gasteiger partial charge on any atom is -0.380 e. The molecule has 0 unspecified atom stereocenters. The van der Waals surface area contributed by atoms with Crippen LogP contribution in [0, 0.1) is 0 Å². The molecular formula is C10H16N2O4. The van der Waals surface area contributed by atoms with Crippen molar-refractivity contribution in [2.24, 2.45) is 0 Å². The average Bonchev–Trinajstić information content (AvgIpc) is 3.10. The quantitative estimate of drug-likeness (QED) is 0.449. The summed E-state index contributed by atoms with van der Waals surface area (Å²) >= 11 is 0. The van der Waals surface area contributed by atoms with Crippen LogP contribution in [0.4, 0.5) is 0 Å². The van der Waals surface area contributed by atoms with Gasteiger partial charge in [0.05, 0.1) is 0 Å². The zero-order valence-corrected chi connectivity index (χ0v) is 8.85. The molecule has 0 saturated heterocycles. The highest BCUT2D eigenvalue weighted by atomic mass is 16.3. The van der Waals surface area contributed by atoms with Gasteiger partial charge in [-0.25, -0.2) is 0 Å². The Balaban J connectivity index is 1.78. The van der Waals surface area contributed by atoms with Gasteiger partial charge in [0.25, 0.3) is 11.8 Å². The van der Waals surface area contributed by atoms with Crippen LogP contribution in [0.15, 0.2) is 0 Å². The van der Waals surface area contributed by atoms with Gasteiger partial charge in [0, 0.05) is 12.1 Å². The van der Waals surface area contributed by atoms with Crippen LogP contribution in [-0.2, 0) is 9.59 Å². The van der Waals surface area contributed by atoms with Gasteiger partial charge in [-0.15, -0.1) is 0 Å². The molecule has 0 aliphatic heterocycles. The fraction of sp³-hybridized carbons (Fsp3) is 0.800. The van der Waals surface area contributed by atoms with Crippen molar-refractivity contribution in [1.29, 1.82) is 0 Å². The lowest BCUT2D eigenvalue weighted by Crippen LogP contribution is -2.50. The summed E-state index contributed by atoms with van der Waals surface area (Å²) in [5.41, 5.74) is 0. The fourth-order valence-corrected chi connectivity index (χ4v) is 1.32. The molecule has 2 fully saturated rings. The van der Waals surface area contributed by atoms with E-state index in [1.807, 2.05) is 0 Å². The molecule has 16 heavy (non-hydrogen) atoms. The van der Waals surface area contributed by atoms with Gasteiger partial charge in [0.15, 0.2) is 12.2 Å². The Kier molecular flexibility index (Phi) is 3.11. The van der Waals surface area contributed by atoms with Crippen LogP contribution >= 0.6 is 0 Å². The molecule has 0 aromatic carbocycles. The molecule has 0 bridgehead atoms. The summed E-state index contributed by atoms with van der Waals surface area (Å²) in [6.07, 6.45) is 0.204. The van der Waals surface area contributed by atoms with Crippen LogP contribution in [-0.4, -0.2) is 46.3 Å². The normalized spacial score (nSPS) is 23.4. The van der Waals surface area contributed by atoms with Crippen molar-refractivity contribution in [3.8, 4) is 0 Å². The number of rotatable bonds is 5. The predicted octanol–water partition coefficient (Wildman–Crippen LogP) is -1.73. The maximum atomic E-state index is 11.3. The van der Waals surface area contributed by atoms with Crippen LogP contribution in [0.1, 0.15) is 25.7 Å². The molecule has 0 spiro atoms.